The van der Waals surface area contributed by atoms with E-state index in [-0.39, 0.29) is 0 Å². The monoisotopic (exact) mass is 303 g/mol. The lowest BCUT2D eigenvalue weighted by atomic mass is 10.1. The fourth-order valence-corrected chi connectivity index (χ4v) is 3.42. The molecule has 3 rings (SSSR count). The van der Waals surface area contributed by atoms with Crippen LogP contribution in [0.3, 0.4) is 0 Å². The van der Waals surface area contributed by atoms with Crippen LogP contribution in [-0.2, 0) is 11.2 Å². The van der Waals surface area contributed by atoms with Crippen molar-refractivity contribution in [1.82, 2.24) is 4.90 Å². The summed E-state index contributed by atoms with van der Waals surface area (Å²) in [5.41, 5.74) is 1.21. The summed E-state index contributed by atoms with van der Waals surface area (Å²) >= 11 is 0. The number of carbonyl (C=O) groups excluding carboxylic acids is 1. The summed E-state index contributed by atoms with van der Waals surface area (Å²) in [6.07, 6.45) is 5.86. The molecule has 1 aromatic carbocycles. The number of hydrogen-bond donors (Lipinski definition) is 0. The molecule has 1 amide bonds. The van der Waals surface area contributed by atoms with Gasteiger partial charge in [0.05, 0.1) is 0 Å². The Morgan fingerprint density at radius 1 is 1.27 bits per heavy atom. The summed E-state index contributed by atoms with van der Waals surface area (Å²) in [6.45, 7) is 4.35. The molecule has 2 heterocycles. The second-order valence-corrected chi connectivity index (χ2v) is 6.12. The summed E-state index contributed by atoms with van der Waals surface area (Å²) in [5, 5.41) is 0. The first-order chi connectivity index (χ1) is 10.8. The Morgan fingerprint density at radius 2 is 2.09 bits per heavy atom. The average molecular weight is 303 g/mol. The summed E-state index contributed by atoms with van der Waals surface area (Å²) in [4.78, 5) is 14.4. The van der Waals surface area contributed by atoms with E-state index in [1.807, 2.05) is 12.1 Å². The van der Waals surface area contributed by atoms with Crippen molar-refractivity contribution in [3.8, 4) is 11.5 Å². The molecule has 1 unspecified atom stereocenters. The molecule has 1 atom stereocenters. The largest absolute Gasteiger partial charge is 0.486 e. The minimum atomic E-state index is 0.321. The predicted molar refractivity (Wildman–Crippen MR) is 85.4 cm³/mol. The highest BCUT2D eigenvalue weighted by Crippen LogP contribution is 2.31. The van der Waals surface area contributed by atoms with Gasteiger partial charge in [0.15, 0.2) is 11.5 Å². The topological polar surface area (TPSA) is 38.8 Å². The van der Waals surface area contributed by atoms with Crippen LogP contribution in [0, 0.1) is 0 Å². The van der Waals surface area contributed by atoms with Crippen LogP contribution in [0.25, 0.3) is 0 Å². The standard InChI is InChI=1S/C18H25NO3/c1-2-15-6-4-10-19(15)18(20)7-3-5-14-8-9-16-17(13-14)22-12-11-21-16/h8-9,13,15H,2-7,10-12H2,1H3. The van der Waals surface area contributed by atoms with Crippen molar-refractivity contribution < 1.29 is 14.3 Å². The van der Waals surface area contributed by atoms with Gasteiger partial charge in [0.2, 0.25) is 5.91 Å². The first-order valence-corrected chi connectivity index (χ1v) is 8.46. The highest BCUT2D eigenvalue weighted by Gasteiger charge is 2.26. The third-order valence-electron chi connectivity index (χ3n) is 4.63. The van der Waals surface area contributed by atoms with E-state index in [1.165, 1.54) is 12.0 Å². The number of benzene rings is 1. The lowest BCUT2D eigenvalue weighted by Crippen LogP contribution is -2.34. The van der Waals surface area contributed by atoms with E-state index in [0.29, 0.717) is 31.6 Å². The van der Waals surface area contributed by atoms with E-state index in [4.69, 9.17) is 9.47 Å². The van der Waals surface area contributed by atoms with Crippen LogP contribution in [0.4, 0.5) is 0 Å². The van der Waals surface area contributed by atoms with Crippen LogP contribution < -0.4 is 9.47 Å². The zero-order chi connectivity index (χ0) is 15.4. The molecule has 4 heteroatoms. The quantitative estimate of drug-likeness (QED) is 0.838. The zero-order valence-corrected chi connectivity index (χ0v) is 13.3. The molecule has 120 valence electrons. The van der Waals surface area contributed by atoms with Gasteiger partial charge in [0.1, 0.15) is 13.2 Å². The number of carbonyl (C=O) groups is 1. The number of likely N-dealkylation sites (tertiary alicyclic amines) is 1. The maximum Gasteiger partial charge on any atom is 0.222 e. The van der Waals surface area contributed by atoms with Crippen LogP contribution in [-0.4, -0.2) is 36.6 Å². The molecular weight excluding hydrogens is 278 g/mol. The first kappa shape index (κ1) is 15.2. The van der Waals surface area contributed by atoms with E-state index in [0.717, 1.165) is 43.7 Å². The smallest absolute Gasteiger partial charge is 0.222 e. The Labute approximate surface area is 132 Å². The summed E-state index contributed by atoms with van der Waals surface area (Å²) in [5.74, 6) is 1.98. The SMILES string of the molecule is CCC1CCCN1C(=O)CCCc1ccc2c(c1)OCCO2. The highest BCUT2D eigenvalue weighted by molar-refractivity contribution is 5.76. The molecule has 4 nitrogen and oxygen atoms in total. The molecule has 0 saturated carbocycles. The molecule has 0 spiro atoms. The molecule has 1 aromatic rings. The Kier molecular flexibility index (Phi) is 4.86. The number of aryl methyl sites for hydroxylation is 1. The van der Waals surface area contributed by atoms with Gasteiger partial charge in [-0.25, -0.2) is 0 Å². The second-order valence-electron chi connectivity index (χ2n) is 6.12. The van der Waals surface area contributed by atoms with E-state index in [9.17, 15) is 4.79 Å². The van der Waals surface area contributed by atoms with Crippen LogP contribution in [0.5, 0.6) is 11.5 Å². The summed E-state index contributed by atoms with van der Waals surface area (Å²) in [6, 6.07) is 6.56. The van der Waals surface area contributed by atoms with E-state index in [1.54, 1.807) is 0 Å². The normalized spacial score (nSPS) is 20.2. The van der Waals surface area contributed by atoms with Gasteiger partial charge in [-0.1, -0.05) is 13.0 Å². The molecule has 0 aromatic heterocycles. The maximum atomic E-state index is 12.3. The molecule has 0 N–H and O–H groups in total. The molecule has 22 heavy (non-hydrogen) atoms. The van der Waals surface area contributed by atoms with Crippen LogP contribution in [0.15, 0.2) is 18.2 Å². The van der Waals surface area contributed by atoms with Gasteiger partial charge in [0, 0.05) is 19.0 Å². The molecule has 1 fully saturated rings. The molecule has 1 saturated heterocycles. The molecular formula is C18H25NO3. The number of hydrogen-bond acceptors (Lipinski definition) is 3. The minimum absolute atomic E-state index is 0.321. The number of rotatable bonds is 5. The Hall–Kier alpha value is -1.71. The van der Waals surface area contributed by atoms with Gasteiger partial charge < -0.3 is 14.4 Å². The van der Waals surface area contributed by atoms with Crippen molar-refractivity contribution in [3.05, 3.63) is 23.8 Å². The number of ether oxygens (including phenoxy) is 2. The minimum Gasteiger partial charge on any atom is -0.486 e. The molecule has 2 aliphatic heterocycles. The second kappa shape index (κ2) is 7.03. The molecule has 2 aliphatic rings. The van der Waals surface area contributed by atoms with Crippen molar-refractivity contribution in [3.63, 3.8) is 0 Å². The van der Waals surface area contributed by atoms with Crippen LogP contribution in [0.2, 0.25) is 0 Å². The summed E-state index contributed by atoms with van der Waals surface area (Å²) in [7, 11) is 0. The van der Waals surface area contributed by atoms with E-state index >= 15 is 0 Å². The Bertz CT molecular complexity index is 529. The van der Waals surface area contributed by atoms with Gasteiger partial charge in [-0.15, -0.1) is 0 Å². The van der Waals surface area contributed by atoms with Crippen LogP contribution >= 0.6 is 0 Å². The van der Waals surface area contributed by atoms with Gasteiger partial charge in [-0.05, 0) is 49.8 Å². The van der Waals surface area contributed by atoms with Crippen molar-refractivity contribution in [2.24, 2.45) is 0 Å². The fourth-order valence-electron chi connectivity index (χ4n) is 3.42. The van der Waals surface area contributed by atoms with Gasteiger partial charge in [-0.2, -0.15) is 0 Å². The molecule has 0 radical (unpaired) electrons. The number of nitrogens with zero attached hydrogens (tertiary/aromatic N) is 1. The van der Waals surface area contributed by atoms with Gasteiger partial charge in [-0.3, -0.25) is 4.79 Å². The maximum absolute atomic E-state index is 12.3. The zero-order valence-electron chi connectivity index (χ0n) is 13.3. The van der Waals surface area contributed by atoms with Crippen molar-refractivity contribution >= 4 is 5.91 Å². The highest BCUT2D eigenvalue weighted by atomic mass is 16.6. The summed E-state index contributed by atoms with van der Waals surface area (Å²) < 4.78 is 11.1. The van der Waals surface area contributed by atoms with E-state index in [2.05, 4.69) is 17.9 Å². The van der Waals surface area contributed by atoms with Crippen molar-refractivity contribution in [1.29, 1.82) is 0 Å². The van der Waals surface area contributed by atoms with Crippen molar-refractivity contribution in [2.75, 3.05) is 19.8 Å². The number of fused-ring (bicyclic) bond motifs is 1. The predicted octanol–water partition coefficient (Wildman–Crippen LogP) is 3.18. The first-order valence-electron chi connectivity index (χ1n) is 8.46. The Morgan fingerprint density at radius 3 is 2.91 bits per heavy atom. The van der Waals surface area contributed by atoms with E-state index < -0.39 is 0 Å². The third-order valence-corrected chi connectivity index (χ3v) is 4.63. The number of amides is 1. The molecule has 0 bridgehead atoms. The lowest BCUT2D eigenvalue weighted by molar-refractivity contribution is -0.132. The Balaban J connectivity index is 1.49. The lowest BCUT2D eigenvalue weighted by Gasteiger charge is -2.23. The third kappa shape index (κ3) is 3.37. The van der Waals surface area contributed by atoms with Crippen LogP contribution in [0.1, 0.15) is 44.6 Å². The molecule has 0 aliphatic carbocycles. The van der Waals surface area contributed by atoms with Crippen molar-refractivity contribution in [2.45, 2.75) is 51.5 Å². The average Bonchev–Trinajstić information content (AvgIpc) is 3.03. The fraction of sp³-hybridized carbons (Fsp3) is 0.611. The van der Waals surface area contributed by atoms with Gasteiger partial charge in [0.25, 0.3) is 0 Å². The van der Waals surface area contributed by atoms with Gasteiger partial charge >= 0.3 is 0 Å².